The van der Waals surface area contributed by atoms with E-state index in [0.717, 1.165) is 28.1 Å². The lowest BCUT2D eigenvalue weighted by Gasteiger charge is -2.11. The normalized spacial score (nSPS) is 10.8. The van der Waals surface area contributed by atoms with Crippen molar-refractivity contribution in [3.8, 4) is 17.2 Å². The van der Waals surface area contributed by atoms with Crippen molar-refractivity contribution in [1.29, 1.82) is 0 Å². The highest BCUT2D eigenvalue weighted by atomic mass is 16.5. The van der Waals surface area contributed by atoms with Gasteiger partial charge in [0.2, 0.25) is 0 Å². The largest absolute Gasteiger partial charge is 0.489 e. The second-order valence-electron chi connectivity index (χ2n) is 8.72. The van der Waals surface area contributed by atoms with E-state index in [1.807, 2.05) is 73.7 Å². The number of benzene rings is 4. The number of carbonyl (C=O) groups excluding carboxylic acids is 1. The molecule has 0 aliphatic carbocycles. The van der Waals surface area contributed by atoms with Gasteiger partial charge in [-0.15, -0.1) is 0 Å². The smallest absolute Gasteiger partial charge is 0.307 e. The number of fused-ring (bicyclic) bond motifs is 1. The molecule has 0 saturated heterocycles. The molecule has 0 aliphatic rings. The van der Waals surface area contributed by atoms with Gasteiger partial charge >= 0.3 is 5.97 Å². The highest BCUT2D eigenvalue weighted by Gasteiger charge is 2.17. The zero-order chi connectivity index (χ0) is 25.8. The molecule has 0 fully saturated rings. The molecule has 0 spiro atoms. The fourth-order valence-electron chi connectivity index (χ4n) is 4.32. The van der Waals surface area contributed by atoms with Crippen LogP contribution in [0, 0.1) is 6.92 Å². The number of hydrogen-bond acceptors (Lipinski definition) is 4. The van der Waals surface area contributed by atoms with Gasteiger partial charge in [0.25, 0.3) is 5.91 Å². The Morgan fingerprint density at radius 1 is 0.784 bits per heavy atom. The van der Waals surface area contributed by atoms with Crippen molar-refractivity contribution in [3.05, 3.63) is 126 Å². The Bertz CT molecular complexity index is 1570. The van der Waals surface area contributed by atoms with E-state index in [1.165, 1.54) is 0 Å². The standard InChI is InChI=1S/C31H25NO5/c1-21-17-28-24(19-30(33)34)8-6-12-29(28)32(21)31(35)23-13-15-25(16-14-23)36-20-22-7-5-11-27(18-22)37-26-9-3-2-4-10-26/h2-18H,19-20H2,1H3,(H,33,34). The summed E-state index contributed by atoms with van der Waals surface area (Å²) in [5, 5.41) is 9.99. The molecule has 0 unspecified atom stereocenters. The number of aliphatic carboxylic acids is 1. The van der Waals surface area contributed by atoms with Crippen molar-refractivity contribution >= 4 is 22.8 Å². The van der Waals surface area contributed by atoms with Crippen molar-refractivity contribution in [2.45, 2.75) is 20.0 Å². The predicted octanol–water partition coefficient (Wildman–Crippen LogP) is 6.64. The number of ether oxygens (including phenoxy) is 2. The fraction of sp³-hybridized carbons (Fsp3) is 0.0968. The highest BCUT2D eigenvalue weighted by molar-refractivity contribution is 6.04. The summed E-state index contributed by atoms with van der Waals surface area (Å²) in [6.07, 6.45) is -0.0949. The zero-order valence-electron chi connectivity index (χ0n) is 20.3. The number of aromatic nitrogens is 1. The fourth-order valence-corrected chi connectivity index (χ4v) is 4.32. The molecule has 0 bridgehead atoms. The average molecular weight is 492 g/mol. The van der Waals surface area contributed by atoms with Crippen LogP contribution in [0.3, 0.4) is 0 Å². The maximum absolute atomic E-state index is 13.3. The van der Waals surface area contributed by atoms with Crippen LogP contribution in [0.1, 0.15) is 27.2 Å². The van der Waals surface area contributed by atoms with Crippen LogP contribution in [-0.4, -0.2) is 21.6 Å². The van der Waals surface area contributed by atoms with E-state index in [1.54, 1.807) is 41.0 Å². The minimum atomic E-state index is -0.907. The maximum atomic E-state index is 13.3. The average Bonchev–Trinajstić information content (AvgIpc) is 3.25. The molecule has 0 amide bonds. The second-order valence-corrected chi connectivity index (χ2v) is 8.72. The monoisotopic (exact) mass is 491 g/mol. The zero-order valence-corrected chi connectivity index (χ0v) is 20.3. The Kier molecular flexibility index (Phi) is 6.72. The van der Waals surface area contributed by atoms with Crippen LogP contribution in [0.15, 0.2) is 103 Å². The Hall–Kier alpha value is -4.84. The molecule has 0 saturated carbocycles. The second kappa shape index (κ2) is 10.4. The van der Waals surface area contributed by atoms with Gasteiger partial charge < -0.3 is 14.6 Å². The lowest BCUT2D eigenvalue weighted by Crippen LogP contribution is -2.13. The van der Waals surface area contributed by atoms with Crippen LogP contribution in [-0.2, 0) is 17.8 Å². The topological polar surface area (TPSA) is 77.8 Å². The summed E-state index contributed by atoms with van der Waals surface area (Å²) in [5.74, 6) is 1.05. The quantitative estimate of drug-likeness (QED) is 0.263. The number of carbonyl (C=O) groups is 2. The minimum Gasteiger partial charge on any atom is -0.489 e. The van der Waals surface area contributed by atoms with E-state index in [4.69, 9.17) is 9.47 Å². The Labute approximate surface area is 214 Å². The third-order valence-electron chi connectivity index (χ3n) is 6.05. The van der Waals surface area contributed by atoms with E-state index < -0.39 is 5.97 Å². The first-order valence-corrected chi connectivity index (χ1v) is 11.9. The summed E-state index contributed by atoms with van der Waals surface area (Å²) < 4.78 is 13.5. The number of carboxylic acids is 1. The number of nitrogens with zero attached hydrogens (tertiary/aromatic N) is 1. The summed E-state index contributed by atoms with van der Waals surface area (Å²) in [7, 11) is 0. The van der Waals surface area contributed by atoms with Gasteiger partial charge in [0.15, 0.2) is 0 Å². The number of carboxylic acid groups (broad SMARTS) is 1. The number of para-hydroxylation sites is 1. The van der Waals surface area contributed by atoms with Crippen LogP contribution < -0.4 is 9.47 Å². The van der Waals surface area contributed by atoms with Gasteiger partial charge in [0.1, 0.15) is 23.9 Å². The SMILES string of the molecule is Cc1cc2c(CC(=O)O)cccc2n1C(=O)c1ccc(OCc2cccc(Oc3ccccc3)c2)cc1. The van der Waals surface area contributed by atoms with Gasteiger partial charge in [-0.2, -0.15) is 0 Å². The van der Waals surface area contributed by atoms with Gasteiger partial charge in [-0.1, -0.05) is 42.5 Å². The molecule has 1 heterocycles. The van der Waals surface area contributed by atoms with E-state index in [0.29, 0.717) is 29.0 Å². The van der Waals surface area contributed by atoms with Crippen LogP contribution in [0.4, 0.5) is 0 Å². The van der Waals surface area contributed by atoms with E-state index in [2.05, 4.69) is 0 Å². The van der Waals surface area contributed by atoms with Gasteiger partial charge in [0.05, 0.1) is 11.9 Å². The van der Waals surface area contributed by atoms with Crippen LogP contribution in [0.2, 0.25) is 0 Å². The minimum absolute atomic E-state index is 0.0949. The molecule has 0 atom stereocenters. The molecule has 184 valence electrons. The molecule has 1 aromatic heterocycles. The Morgan fingerprint density at radius 2 is 1.51 bits per heavy atom. The van der Waals surface area contributed by atoms with Crippen LogP contribution >= 0.6 is 0 Å². The maximum Gasteiger partial charge on any atom is 0.307 e. The van der Waals surface area contributed by atoms with Gasteiger partial charge in [-0.25, -0.2) is 0 Å². The molecule has 4 aromatic carbocycles. The van der Waals surface area contributed by atoms with Gasteiger partial charge in [0, 0.05) is 16.6 Å². The molecule has 1 N–H and O–H groups in total. The van der Waals surface area contributed by atoms with Crippen molar-refractivity contribution in [2.24, 2.45) is 0 Å². The van der Waals surface area contributed by atoms with E-state index >= 15 is 0 Å². The van der Waals surface area contributed by atoms with Crippen LogP contribution in [0.25, 0.3) is 10.9 Å². The lowest BCUT2D eigenvalue weighted by molar-refractivity contribution is -0.136. The Morgan fingerprint density at radius 3 is 2.27 bits per heavy atom. The van der Waals surface area contributed by atoms with E-state index in [-0.39, 0.29) is 12.3 Å². The van der Waals surface area contributed by atoms with Crippen LogP contribution in [0.5, 0.6) is 17.2 Å². The first-order valence-electron chi connectivity index (χ1n) is 11.9. The lowest BCUT2D eigenvalue weighted by atomic mass is 10.1. The molecule has 0 radical (unpaired) electrons. The highest BCUT2D eigenvalue weighted by Crippen LogP contribution is 2.26. The summed E-state index contributed by atoms with van der Waals surface area (Å²) in [6.45, 7) is 2.20. The number of hydrogen-bond donors (Lipinski definition) is 1. The molecular weight excluding hydrogens is 466 g/mol. The molecule has 5 aromatic rings. The third-order valence-corrected chi connectivity index (χ3v) is 6.05. The third kappa shape index (κ3) is 5.38. The molecule has 6 heteroatoms. The number of rotatable bonds is 8. The summed E-state index contributed by atoms with van der Waals surface area (Å²) >= 11 is 0. The van der Waals surface area contributed by atoms with Gasteiger partial charge in [-0.05, 0) is 78.7 Å². The molecule has 0 aliphatic heterocycles. The van der Waals surface area contributed by atoms with Crippen molar-refractivity contribution in [2.75, 3.05) is 0 Å². The first-order chi connectivity index (χ1) is 18.0. The molecule has 6 nitrogen and oxygen atoms in total. The van der Waals surface area contributed by atoms with Crippen molar-refractivity contribution in [1.82, 2.24) is 4.57 Å². The summed E-state index contributed by atoms with van der Waals surface area (Å²) in [5.41, 5.74) is 3.59. The summed E-state index contributed by atoms with van der Waals surface area (Å²) in [4.78, 5) is 24.6. The first kappa shape index (κ1) is 23.9. The van der Waals surface area contributed by atoms with E-state index in [9.17, 15) is 14.7 Å². The summed E-state index contributed by atoms with van der Waals surface area (Å²) in [6, 6.07) is 31.6. The molecule has 37 heavy (non-hydrogen) atoms. The predicted molar refractivity (Wildman–Crippen MR) is 141 cm³/mol. The van der Waals surface area contributed by atoms with Crippen molar-refractivity contribution < 1.29 is 24.2 Å². The van der Waals surface area contributed by atoms with Crippen molar-refractivity contribution in [3.63, 3.8) is 0 Å². The Balaban J connectivity index is 1.28. The van der Waals surface area contributed by atoms with Gasteiger partial charge in [-0.3, -0.25) is 14.2 Å². The number of aryl methyl sites for hydroxylation is 1. The molecule has 5 rings (SSSR count). The molecular formula is C31H25NO5.